The second kappa shape index (κ2) is 10.4. The monoisotopic (exact) mass is 358 g/mol. The van der Waals surface area contributed by atoms with Crippen molar-refractivity contribution in [1.29, 1.82) is 0 Å². The zero-order chi connectivity index (χ0) is 18.8. The van der Waals surface area contributed by atoms with Crippen LogP contribution in [0.1, 0.15) is 25.0 Å². The third-order valence-corrected chi connectivity index (χ3v) is 3.81. The molecular formula is C20H27FN4O. The van der Waals surface area contributed by atoms with Crippen LogP contribution in [0.4, 0.5) is 4.39 Å². The maximum absolute atomic E-state index is 13.2. The highest BCUT2D eigenvalue weighted by Crippen LogP contribution is 2.13. The number of hydrogen-bond donors (Lipinski definition) is 2. The van der Waals surface area contributed by atoms with Gasteiger partial charge in [-0.15, -0.1) is 0 Å². The Morgan fingerprint density at radius 3 is 2.88 bits per heavy atom. The summed E-state index contributed by atoms with van der Waals surface area (Å²) < 4.78 is 18.9. The number of nitrogens with zero attached hydrogens (tertiary/aromatic N) is 2. The molecule has 2 rings (SSSR count). The molecule has 2 aromatic rings. The minimum absolute atomic E-state index is 0.158. The number of pyridine rings is 1. The van der Waals surface area contributed by atoms with Crippen molar-refractivity contribution in [2.45, 2.75) is 33.3 Å². The first-order chi connectivity index (χ1) is 12.6. The first-order valence-corrected chi connectivity index (χ1v) is 8.92. The molecule has 1 unspecified atom stereocenters. The van der Waals surface area contributed by atoms with Gasteiger partial charge in [-0.2, -0.15) is 0 Å². The summed E-state index contributed by atoms with van der Waals surface area (Å²) in [6.45, 7) is 8.03. The van der Waals surface area contributed by atoms with E-state index >= 15 is 0 Å². The molecule has 0 fully saturated rings. The number of aryl methyl sites for hydroxylation is 1. The fourth-order valence-corrected chi connectivity index (χ4v) is 2.47. The first kappa shape index (κ1) is 19.7. The quantitative estimate of drug-likeness (QED) is 0.562. The Morgan fingerprint density at radius 1 is 1.31 bits per heavy atom. The van der Waals surface area contributed by atoms with Crippen LogP contribution in [0.25, 0.3) is 0 Å². The Morgan fingerprint density at radius 2 is 2.15 bits per heavy atom. The minimum atomic E-state index is -0.306. The number of nitrogens with one attached hydrogen (secondary N) is 2. The fourth-order valence-electron chi connectivity index (χ4n) is 2.47. The lowest BCUT2D eigenvalue weighted by molar-refractivity contribution is 0.229. The highest BCUT2D eigenvalue weighted by molar-refractivity contribution is 5.79. The van der Waals surface area contributed by atoms with Gasteiger partial charge in [-0.3, -0.25) is 4.98 Å². The maximum Gasteiger partial charge on any atom is 0.191 e. The Hall–Kier alpha value is -2.63. The lowest BCUT2D eigenvalue weighted by Crippen LogP contribution is -2.39. The molecule has 1 aromatic carbocycles. The average Bonchev–Trinajstić information content (AvgIpc) is 2.61. The predicted octanol–water partition coefficient (Wildman–Crippen LogP) is 3.09. The van der Waals surface area contributed by atoms with E-state index in [-0.39, 0.29) is 11.9 Å². The van der Waals surface area contributed by atoms with E-state index in [9.17, 15) is 4.39 Å². The second-order valence-corrected chi connectivity index (χ2v) is 6.08. The maximum atomic E-state index is 13.2. The minimum Gasteiger partial charge on any atom is -0.489 e. The molecule has 1 heterocycles. The van der Waals surface area contributed by atoms with Crippen LogP contribution < -0.4 is 15.4 Å². The molecule has 140 valence electrons. The normalized spacial score (nSPS) is 12.5. The van der Waals surface area contributed by atoms with E-state index in [4.69, 9.17) is 4.74 Å². The summed E-state index contributed by atoms with van der Waals surface area (Å²) in [4.78, 5) is 8.66. The highest BCUT2D eigenvalue weighted by atomic mass is 19.1. The van der Waals surface area contributed by atoms with Gasteiger partial charge in [0, 0.05) is 31.5 Å². The van der Waals surface area contributed by atoms with Crippen LogP contribution in [0, 0.1) is 12.7 Å². The van der Waals surface area contributed by atoms with E-state index in [1.54, 1.807) is 12.1 Å². The van der Waals surface area contributed by atoms with Crippen molar-refractivity contribution in [3.05, 3.63) is 59.7 Å². The number of halogens is 1. The van der Waals surface area contributed by atoms with Crippen molar-refractivity contribution in [1.82, 2.24) is 15.6 Å². The smallest absolute Gasteiger partial charge is 0.191 e. The Bertz CT molecular complexity index is 720. The molecular weight excluding hydrogens is 331 g/mol. The van der Waals surface area contributed by atoms with Crippen LogP contribution >= 0.6 is 0 Å². The molecule has 0 aliphatic carbocycles. The third kappa shape index (κ3) is 6.70. The van der Waals surface area contributed by atoms with E-state index in [1.807, 2.05) is 32.3 Å². The van der Waals surface area contributed by atoms with Crippen molar-refractivity contribution < 1.29 is 9.13 Å². The van der Waals surface area contributed by atoms with Crippen LogP contribution in [0.5, 0.6) is 5.75 Å². The van der Waals surface area contributed by atoms with Gasteiger partial charge in [-0.1, -0.05) is 6.07 Å². The Kier molecular flexibility index (Phi) is 7.86. The van der Waals surface area contributed by atoms with Crippen molar-refractivity contribution >= 4 is 5.96 Å². The summed E-state index contributed by atoms with van der Waals surface area (Å²) in [7, 11) is 0. The van der Waals surface area contributed by atoms with Gasteiger partial charge < -0.3 is 15.4 Å². The molecule has 0 aliphatic rings. The molecule has 2 N–H and O–H groups in total. The van der Waals surface area contributed by atoms with E-state index < -0.39 is 0 Å². The van der Waals surface area contributed by atoms with Gasteiger partial charge in [0.05, 0.1) is 6.54 Å². The van der Waals surface area contributed by atoms with Crippen LogP contribution in [0.15, 0.2) is 47.7 Å². The standard InChI is InChI=1S/C20H27FN4O/c1-4-23-20(24-11-9-17-8-10-22-13-15(17)2)25-14-16(3)26-19-7-5-6-18(21)12-19/h5-8,10,12-13,16H,4,9,11,14H2,1-3H3,(H2,23,24,25). The first-order valence-electron chi connectivity index (χ1n) is 8.92. The van der Waals surface area contributed by atoms with Gasteiger partial charge in [0.1, 0.15) is 17.7 Å². The van der Waals surface area contributed by atoms with Crippen LogP contribution in [-0.4, -0.2) is 36.7 Å². The van der Waals surface area contributed by atoms with Crippen LogP contribution in [0.3, 0.4) is 0 Å². The summed E-state index contributed by atoms with van der Waals surface area (Å²) >= 11 is 0. The SMILES string of the molecule is CCNC(=NCC(C)Oc1cccc(F)c1)NCCc1ccncc1C. The molecule has 0 aliphatic heterocycles. The summed E-state index contributed by atoms with van der Waals surface area (Å²) in [5.41, 5.74) is 2.46. The van der Waals surface area contributed by atoms with Gasteiger partial charge in [-0.25, -0.2) is 9.38 Å². The van der Waals surface area contributed by atoms with Crippen molar-refractivity contribution in [2.75, 3.05) is 19.6 Å². The van der Waals surface area contributed by atoms with Crippen molar-refractivity contribution in [3.63, 3.8) is 0 Å². The van der Waals surface area contributed by atoms with Gasteiger partial charge in [0.25, 0.3) is 0 Å². The molecule has 0 bridgehead atoms. The number of ether oxygens (including phenoxy) is 1. The summed E-state index contributed by atoms with van der Waals surface area (Å²) in [5.74, 6) is 0.951. The highest BCUT2D eigenvalue weighted by Gasteiger charge is 2.06. The van der Waals surface area contributed by atoms with Crippen molar-refractivity contribution in [3.8, 4) is 5.75 Å². The topological polar surface area (TPSA) is 58.5 Å². The summed E-state index contributed by atoms with van der Waals surface area (Å²) in [5, 5.41) is 6.55. The van der Waals surface area contributed by atoms with Crippen molar-refractivity contribution in [2.24, 2.45) is 4.99 Å². The molecule has 0 radical (unpaired) electrons. The van der Waals surface area contributed by atoms with Gasteiger partial charge >= 0.3 is 0 Å². The van der Waals surface area contributed by atoms with E-state index in [2.05, 4.69) is 27.5 Å². The van der Waals surface area contributed by atoms with E-state index in [0.29, 0.717) is 12.3 Å². The lowest BCUT2D eigenvalue weighted by atomic mass is 10.1. The third-order valence-electron chi connectivity index (χ3n) is 3.81. The summed E-state index contributed by atoms with van der Waals surface area (Å²) in [6.07, 6.45) is 4.43. The molecule has 26 heavy (non-hydrogen) atoms. The van der Waals surface area contributed by atoms with Gasteiger partial charge in [0.15, 0.2) is 5.96 Å². The molecule has 0 amide bonds. The van der Waals surface area contributed by atoms with Crippen LogP contribution in [-0.2, 0) is 6.42 Å². The van der Waals surface area contributed by atoms with E-state index in [1.165, 1.54) is 23.3 Å². The largest absolute Gasteiger partial charge is 0.489 e. The molecule has 0 saturated carbocycles. The predicted molar refractivity (Wildman–Crippen MR) is 103 cm³/mol. The number of benzene rings is 1. The number of hydrogen-bond acceptors (Lipinski definition) is 3. The number of aromatic nitrogens is 1. The Labute approximate surface area is 154 Å². The fraction of sp³-hybridized carbons (Fsp3) is 0.400. The molecule has 1 atom stereocenters. The second-order valence-electron chi connectivity index (χ2n) is 6.08. The summed E-state index contributed by atoms with van der Waals surface area (Å²) in [6, 6.07) is 8.18. The lowest BCUT2D eigenvalue weighted by Gasteiger charge is -2.15. The van der Waals surface area contributed by atoms with Gasteiger partial charge in [0.2, 0.25) is 0 Å². The average molecular weight is 358 g/mol. The number of rotatable bonds is 8. The molecule has 6 heteroatoms. The Balaban J connectivity index is 1.84. The van der Waals surface area contributed by atoms with Gasteiger partial charge in [-0.05, 0) is 56.5 Å². The molecule has 1 aromatic heterocycles. The molecule has 5 nitrogen and oxygen atoms in total. The number of aliphatic imine (C=N–C) groups is 1. The zero-order valence-corrected chi connectivity index (χ0v) is 15.6. The molecule has 0 saturated heterocycles. The van der Waals surface area contributed by atoms with Crippen LogP contribution in [0.2, 0.25) is 0 Å². The number of guanidine groups is 1. The zero-order valence-electron chi connectivity index (χ0n) is 15.6. The van der Waals surface area contributed by atoms with E-state index in [0.717, 1.165) is 25.5 Å². The molecule has 0 spiro atoms.